The molecule has 2 heterocycles. The largest absolute Gasteiger partial charge is 0.481 e. The summed E-state index contributed by atoms with van der Waals surface area (Å²) in [5.41, 5.74) is -0.598. The van der Waals surface area contributed by atoms with E-state index in [1.807, 2.05) is 20.8 Å². The number of likely N-dealkylation sites (tertiary alicyclic amines) is 1. The number of aliphatic carboxylic acids is 1. The third kappa shape index (κ3) is 3.00. The maximum atomic E-state index is 11.5. The van der Waals surface area contributed by atoms with Crippen LogP contribution in [0.2, 0.25) is 0 Å². The summed E-state index contributed by atoms with van der Waals surface area (Å²) in [7, 11) is 0. The van der Waals surface area contributed by atoms with Gasteiger partial charge in [-0.25, -0.2) is 0 Å². The second kappa shape index (κ2) is 5.91. The van der Waals surface area contributed by atoms with E-state index < -0.39 is 11.4 Å². The fraction of sp³-hybridized carbons (Fsp3) is 0.786. The van der Waals surface area contributed by atoms with E-state index in [9.17, 15) is 9.90 Å². The Balaban J connectivity index is 2.00. The van der Waals surface area contributed by atoms with Gasteiger partial charge < -0.3 is 9.63 Å². The molecule has 6 heteroatoms. The van der Waals surface area contributed by atoms with E-state index in [1.54, 1.807) is 0 Å². The van der Waals surface area contributed by atoms with Crippen LogP contribution in [0.25, 0.3) is 0 Å². The number of hydrogen-bond acceptors (Lipinski definition) is 5. The van der Waals surface area contributed by atoms with Gasteiger partial charge in [0.15, 0.2) is 5.82 Å². The Morgan fingerprint density at radius 1 is 1.55 bits per heavy atom. The smallest absolute Gasteiger partial charge is 0.310 e. The van der Waals surface area contributed by atoms with Gasteiger partial charge in [0.1, 0.15) is 0 Å². The van der Waals surface area contributed by atoms with Gasteiger partial charge in [0, 0.05) is 12.5 Å². The molecule has 1 saturated heterocycles. The number of rotatable bonds is 6. The monoisotopic (exact) mass is 281 g/mol. The zero-order valence-electron chi connectivity index (χ0n) is 12.4. The Kier molecular flexibility index (Phi) is 4.42. The van der Waals surface area contributed by atoms with E-state index in [0.29, 0.717) is 31.2 Å². The first kappa shape index (κ1) is 15.0. The average Bonchev–Trinajstić information content (AvgIpc) is 2.98. The van der Waals surface area contributed by atoms with E-state index in [2.05, 4.69) is 15.0 Å². The topological polar surface area (TPSA) is 79.5 Å². The van der Waals surface area contributed by atoms with Crippen LogP contribution in [-0.4, -0.2) is 39.2 Å². The van der Waals surface area contributed by atoms with E-state index in [1.165, 1.54) is 0 Å². The predicted octanol–water partition coefficient (Wildman–Crippen LogP) is 2.27. The molecule has 0 saturated carbocycles. The van der Waals surface area contributed by atoms with Crippen LogP contribution in [0.15, 0.2) is 4.52 Å². The SMILES string of the molecule is CCCC1(C(=O)O)CCN(Cc2noc(C(C)C)n2)C1. The highest BCUT2D eigenvalue weighted by Crippen LogP contribution is 2.36. The van der Waals surface area contributed by atoms with Crippen LogP contribution in [0.3, 0.4) is 0 Å². The number of carbonyl (C=O) groups is 1. The highest BCUT2D eigenvalue weighted by molar-refractivity contribution is 5.75. The quantitative estimate of drug-likeness (QED) is 0.861. The van der Waals surface area contributed by atoms with Crippen molar-refractivity contribution in [1.29, 1.82) is 0 Å². The van der Waals surface area contributed by atoms with Crippen molar-refractivity contribution in [3.63, 3.8) is 0 Å². The van der Waals surface area contributed by atoms with Crippen molar-refractivity contribution in [2.45, 2.75) is 52.5 Å². The van der Waals surface area contributed by atoms with Crippen molar-refractivity contribution in [2.75, 3.05) is 13.1 Å². The van der Waals surface area contributed by atoms with Crippen LogP contribution in [-0.2, 0) is 11.3 Å². The summed E-state index contributed by atoms with van der Waals surface area (Å²) in [5, 5.41) is 13.4. The van der Waals surface area contributed by atoms with Gasteiger partial charge in [-0.2, -0.15) is 4.98 Å². The summed E-state index contributed by atoms with van der Waals surface area (Å²) in [4.78, 5) is 18.0. The maximum absolute atomic E-state index is 11.5. The third-order valence-corrected chi connectivity index (χ3v) is 3.96. The van der Waals surface area contributed by atoms with E-state index in [-0.39, 0.29) is 5.92 Å². The van der Waals surface area contributed by atoms with Gasteiger partial charge in [0.2, 0.25) is 5.89 Å². The second-order valence-corrected chi connectivity index (χ2v) is 6.00. The van der Waals surface area contributed by atoms with Crippen LogP contribution in [0.4, 0.5) is 0 Å². The van der Waals surface area contributed by atoms with Crippen LogP contribution in [0.5, 0.6) is 0 Å². The minimum absolute atomic E-state index is 0.216. The number of carboxylic acid groups (broad SMARTS) is 1. The fourth-order valence-corrected chi connectivity index (χ4v) is 2.82. The van der Waals surface area contributed by atoms with Crippen LogP contribution in [0, 0.1) is 5.41 Å². The minimum Gasteiger partial charge on any atom is -0.481 e. The second-order valence-electron chi connectivity index (χ2n) is 6.00. The Bertz CT molecular complexity index is 472. The van der Waals surface area contributed by atoms with Gasteiger partial charge in [0.05, 0.1) is 12.0 Å². The number of aromatic nitrogens is 2. The van der Waals surface area contributed by atoms with E-state index in [0.717, 1.165) is 19.4 Å². The summed E-state index contributed by atoms with van der Waals surface area (Å²) >= 11 is 0. The molecule has 1 N–H and O–H groups in total. The minimum atomic E-state index is -0.683. The molecule has 1 atom stereocenters. The standard InChI is InChI=1S/C14H23N3O3/c1-4-5-14(13(18)19)6-7-17(9-14)8-11-15-12(10(2)3)20-16-11/h10H,4-9H2,1-3H3,(H,18,19). The van der Waals surface area contributed by atoms with Crippen molar-refractivity contribution >= 4 is 5.97 Å². The lowest BCUT2D eigenvalue weighted by Crippen LogP contribution is -2.34. The number of carboxylic acids is 1. The lowest BCUT2D eigenvalue weighted by atomic mass is 9.83. The molecule has 0 amide bonds. The van der Waals surface area contributed by atoms with Gasteiger partial charge >= 0.3 is 5.97 Å². The van der Waals surface area contributed by atoms with Gasteiger partial charge in [-0.1, -0.05) is 32.3 Å². The Morgan fingerprint density at radius 3 is 2.85 bits per heavy atom. The highest BCUT2D eigenvalue weighted by atomic mass is 16.5. The molecule has 0 aliphatic carbocycles. The van der Waals surface area contributed by atoms with Crippen LogP contribution in [0.1, 0.15) is 57.7 Å². The van der Waals surface area contributed by atoms with E-state index in [4.69, 9.17) is 4.52 Å². The summed E-state index contributed by atoms with van der Waals surface area (Å²) < 4.78 is 5.18. The van der Waals surface area contributed by atoms with Crippen molar-refractivity contribution < 1.29 is 14.4 Å². The molecule has 1 aromatic heterocycles. The van der Waals surface area contributed by atoms with Crippen molar-refractivity contribution in [1.82, 2.24) is 15.0 Å². The van der Waals surface area contributed by atoms with Gasteiger partial charge in [-0.05, 0) is 19.4 Å². The molecule has 0 bridgehead atoms. The van der Waals surface area contributed by atoms with Gasteiger partial charge in [0.25, 0.3) is 0 Å². The molecular weight excluding hydrogens is 258 g/mol. The molecule has 1 aliphatic heterocycles. The number of hydrogen-bond donors (Lipinski definition) is 1. The molecule has 0 aromatic carbocycles. The molecule has 1 unspecified atom stereocenters. The van der Waals surface area contributed by atoms with Crippen LogP contribution >= 0.6 is 0 Å². The lowest BCUT2D eigenvalue weighted by molar-refractivity contribution is -0.148. The molecule has 0 radical (unpaired) electrons. The molecule has 1 aromatic rings. The molecule has 112 valence electrons. The van der Waals surface area contributed by atoms with Crippen molar-refractivity contribution in [2.24, 2.45) is 5.41 Å². The number of nitrogens with zero attached hydrogens (tertiary/aromatic N) is 3. The first-order valence-electron chi connectivity index (χ1n) is 7.25. The summed E-state index contributed by atoms with van der Waals surface area (Å²) in [6, 6.07) is 0. The van der Waals surface area contributed by atoms with Gasteiger partial charge in [-0.3, -0.25) is 9.69 Å². The Hall–Kier alpha value is -1.43. The Labute approximate surface area is 119 Å². The molecule has 20 heavy (non-hydrogen) atoms. The molecule has 1 aliphatic rings. The lowest BCUT2D eigenvalue weighted by Gasteiger charge is -2.23. The van der Waals surface area contributed by atoms with Gasteiger partial charge in [-0.15, -0.1) is 0 Å². The van der Waals surface area contributed by atoms with Crippen molar-refractivity contribution in [3.05, 3.63) is 11.7 Å². The average molecular weight is 281 g/mol. The zero-order valence-corrected chi connectivity index (χ0v) is 12.4. The third-order valence-electron chi connectivity index (χ3n) is 3.96. The fourth-order valence-electron chi connectivity index (χ4n) is 2.82. The highest BCUT2D eigenvalue weighted by Gasteiger charge is 2.44. The van der Waals surface area contributed by atoms with E-state index >= 15 is 0 Å². The molecule has 6 nitrogen and oxygen atoms in total. The zero-order chi connectivity index (χ0) is 14.8. The molecule has 1 fully saturated rings. The normalized spacial score (nSPS) is 23.6. The first-order chi connectivity index (χ1) is 9.47. The van der Waals surface area contributed by atoms with Crippen molar-refractivity contribution in [3.8, 4) is 0 Å². The summed E-state index contributed by atoms with van der Waals surface area (Å²) in [6.07, 6.45) is 2.31. The Morgan fingerprint density at radius 2 is 2.30 bits per heavy atom. The molecule has 2 rings (SSSR count). The van der Waals surface area contributed by atoms with Crippen LogP contribution < -0.4 is 0 Å². The molecular formula is C14H23N3O3. The molecule has 0 spiro atoms. The first-order valence-corrected chi connectivity index (χ1v) is 7.25. The predicted molar refractivity (Wildman–Crippen MR) is 73.3 cm³/mol. The maximum Gasteiger partial charge on any atom is 0.310 e. The summed E-state index contributed by atoms with van der Waals surface area (Å²) in [5.74, 6) is 0.814. The summed E-state index contributed by atoms with van der Waals surface area (Å²) in [6.45, 7) is 7.95.